The Morgan fingerprint density at radius 3 is 1.80 bits per heavy atom. The van der Waals surface area contributed by atoms with Gasteiger partial charge in [-0.3, -0.25) is 24.0 Å². The number of carboxylic acids is 1. The van der Waals surface area contributed by atoms with Crippen LogP contribution in [0.4, 0.5) is 0 Å². The van der Waals surface area contributed by atoms with Gasteiger partial charge in [-0.05, 0) is 45.2 Å². The number of carbonyl (C=O) groups excluding carboxylic acids is 4. The van der Waals surface area contributed by atoms with Crippen molar-refractivity contribution >= 4 is 35.9 Å². The van der Waals surface area contributed by atoms with E-state index in [-0.39, 0.29) is 88.8 Å². The number of nitrogens with one attached hydrogen (secondary N) is 3. The van der Waals surface area contributed by atoms with Crippen LogP contribution in [-0.4, -0.2) is 125 Å². The van der Waals surface area contributed by atoms with Gasteiger partial charge < -0.3 is 49.8 Å². The molecule has 1 aromatic carbocycles. The van der Waals surface area contributed by atoms with Crippen LogP contribution in [-0.2, 0) is 47.7 Å². The van der Waals surface area contributed by atoms with Crippen molar-refractivity contribution in [3.05, 3.63) is 29.8 Å². The Kier molecular flexibility index (Phi) is 30.4. The van der Waals surface area contributed by atoms with Gasteiger partial charge in [0.2, 0.25) is 17.7 Å². The Bertz CT molecular complexity index is 1100. The second kappa shape index (κ2) is 33.0. The maximum absolute atomic E-state index is 12.2. The van der Waals surface area contributed by atoms with E-state index in [4.69, 9.17) is 33.6 Å². The number of hydrogen-bond donors (Lipinski definition) is 5. The lowest BCUT2D eigenvalue weighted by Crippen LogP contribution is -2.41. The van der Waals surface area contributed by atoms with Crippen molar-refractivity contribution in [3.8, 4) is 5.75 Å². The van der Waals surface area contributed by atoms with E-state index in [9.17, 15) is 29.1 Å². The summed E-state index contributed by atoms with van der Waals surface area (Å²) in [4.78, 5) is 66.7. The summed E-state index contributed by atoms with van der Waals surface area (Å²) in [7, 11) is 0. The van der Waals surface area contributed by atoms with Gasteiger partial charge in [-0.15, -0.1) is 0 Å². The molecule has 0 fully saturated rings. The molecular formula is C35H57N3O13. The lowest BCUT2D eigenvalue weighted by molar-refractivity contribution is -0.142. The first-order valence-electron chi connectivity index (χ1n) is 17.2. The number of aliphatic carboxylic acids is 1. The van der Waals surface area contributed by atoms with Gasteiger partial charge in [0.05, 0.1) is 46.2 Å². The zero-order valence-electron chi connectivity index (χ0n) is 30.0. The van der Waals surface area contributed by atoms with E-state index in [2.05, 4.69) is 16.0 Å². The molecule has 1 aromatic rings. The van der Waals surface area contributed by atoms with Crippen LogP contribution in [0.25, 0.3) is 0 Å². The summed E-state index contributed by atoms with van der Waals surface area (Å²) < 4.78 is 26.6. The predicted octanol–water partition coefficient (Wildman–Crippen LogP) is 2.04. The van der Waals surface area contributed by atoms with Crippen molar-refractivity contribution in [2.45, 2.75) is 77.7 Å². The van der Waals surface area contributed by atoms with E-state index >= 15 is 0 Å². The standard InChI is InChI=1S/C34H55N3O11.CH2O2/c1-27-10-12-29(13-11-27)48-18-8-6-4-3-5-7-9-32(40)37-30(34(42)43)14-15-31(39)35-16-19-44-22-24-47-26-33(41)36-17-20-45-21-23-46-25-28(2)38;2-1-3/h10-13,30H,3-9,14-26H2,1-2H3,(H,35,39)(H,36,41)(H,37,40)(H,42,43);1H,(H,2,3). The highest BCUT2D eigenvalue weighted by atomic mass is 16.5. The Labute approximate surface area is 300 Å². The largest absolute Gasteiger partial charge is 0.494 e. The first-order valence-corrected chi connectivity index (χ1v) is 17.2. The number of hydrogen-bond acceptors (Lipinski definition) is 11. The van der Waals surface area contributed by atoms with Crippen LogP contribution in [0.1, 0.15) is 70.3 Å². The van der Waals surface area contributed by atoms with Gasteiger partial charge in [0.15, 0.2) is 5.78 Å². The zero-order chi connectivity index (χ0) is 38.0. The van der Waals surface area contributed by atoms with Gasteiger partial charge in [-0.25, -0.2) is 4.79 Å². The van der Waals surface area contributed by atoms with Crippen LogP contribution in [0.3, 0.4) is 0 Å². The molecule has 0 aromatic heterocycles. The number of unbranched alkanes of at least 4 members (excludes halogenated alkanes) is 5. The number of carboxylic acid groups (broad SMARTS) is 2. The minimum atomic E-state index is -1.18. The average molecular weight is 728 g/mol. The van der Waals surface area contributed by atoms with Crippen molar-refractivity contribution < 1.29 is 62.7 Å². The summed E-state index contributed by atoms with van der Waals surface area (Å²) in [5, 5.41) is 24.2. The molecule has 0 heterocycles. The number of benzene rings is 1. The highest BCUT2D eigenvalue weighted by Crippen LogP contribution is 2.13. The van der Waals surface area contributed by atoms with Crippen LogP contribution in [0.2, 0.25) is 0 Å². The van der Waals surface area contributed by atoms with Gasteiger partial charge in [0.1, 0.15) is 25.0 Å². The molecule has 51 heavy (non-hydrogen) atoms. The van der Waals surface area contributed by atoms with E-state index in [1.165, 1.54) is 12.5 Å². The van der Waals surface area contributed by atoms with Gasteiger partial charge in [0, 0.05) is 25.9 Å². The van der Waals surface area contributed by atoms with Gasteiger partial charge in [-0.1, -0.05) is 43.4 Å². The van der Waals surface area contributed by atoms with E-state index in [0.717, 1.165) is 37.9 Å². The summed E-state index contributed by atoms with van der Waals surface area (Å²) >= 11 is 0. The van der Waals surface area contributed by atoms with Crippen LogP contribution in [0.5, 0.6) is 5.75 Å². The SMILES string of the molecule is CC(=O)COCCOCCNC(=O)COCCOCCNC(=O)CCC(NC(=O)CCCCCCCCOc1ccc(C)cc1)C(=O)O.O=CO. The minimum absolute atomic E-state index is 0.0179. The molecule has 0 bridgehead atoms. The highest BCUT2D eigenvalue weighted by Gasteiger charge is 2.20. The van der Waals surface area contributed by atoms with Gasteiger partial charge in [0.25, 0.3) is 6.47 Å². The third-order valence-corrected chi connectivity index (χ3v) is 6.80. The number of ether oxygens (including phenoxy) is 5. The molecule has 16 nitrogen and oxygen atoms in total. The second-order valence-corrected chi connectivity index (χ2v) is 11.4. The number of rotatable bonds is 31. The summed E-state index contributed by atoms with van der Waals surface area (Å²) in [6.45, 7) is 5.95. The molecule has 3 amide bonds. The van der Waals surface area contributed by atoms with Crippen molar-refractivity contribution in [1.82, 2.24) is 16.0 Å². The molecule has 1 rings (SSSR count). The molecule has 1 atom stereocenters. The number of amides is 3. The quantitative estimate of drug-likeness (QED) is 0.0546. The predicted molar refractivity (Wildman–Crippen MR) is 186 cm³/mol. The van der Waals surface area contributed by atoms with E-state index in [1.807, 2.05) is 31.2 Å². The first-order chi connectivity index (χ1) is 24.6. The number of ketones is 1. The third-order valence-electron chi connectivity index (χ3n) is 6.80. The normalized spacial score (nSPS) is 11.0. The second-order valence-electron chi connectivity index (χ2n) is 11.4. The fraction of sp³-hybridized carbons (Fsp3) is 0.657. The summed E-state index contributed by atoms with van der Waals surface area (Å²) in [6.07, 6.45) is 5.78. The number of carbonyl (C=O) groups is 6. The van der Waals surface area contributed by atoms with Crippen LogP contribution in [0, 0.1) is 6.92 Å². The molecule has 5 N–H and O–H groups in total. The van der Waals surface area contributed by atoms with E-state index < -0.39 is 12.0 Å². The molecule has 0 aliphatic rings. The van der Waals surface area contributed by atoms with Crippen molar-refractivity contribution in [2.24, 2.45) is 0 Å². The molecule has 16 heteroatoms. The molecule has 0 radical (unpaired) electrons. The molecule has 290 valence electrons. The maximum Gasteiger partial charge on any atom is 0.326 e. The van der Waals surface area contributed by atoms with Crippen molar-refractivity contribution in [1.29, 1.82) is 0 Å². The highest BCUT2D eigenvalue weighted by molar-refractivity contribution is 5.84. The summed E-state index contributed by atoms with van der Waals surface area (Å²) in [6, 6.07) is 6.85. The summed E-state index contributed by atoms with van der Waals surface area (Å²) in [5.41, 5.74) is 1.20. The third kappa shape index (κ3) is 31.6. The van der Waals surface area contributed by atoms with Crippen LogP contribution in [0.15, 0.2) is 24.3 Å². The topological polar surface area (TPSA) is 225 Å². The Hall–Kier alpha value is -4.12. The van der Waals surface area contributed by atoms with Crippen molar-refractivity contribution in [3.63, 3.8) is 0 Å². The van der Waals surface area contributed by atoms with Gasteiger partial charge >= 0.3 is 5.97 Å². The van der Waals surface area contributed by atoms with Crippen LogP contribution < -0.4 is 20.7 Å². The first kappa shape index (κ1) is 46.9. The zero-order valence-corrected chi connectivity index (χ0v) is 30.0. The Morgan fingerprint density at radius 1 is 0.686 bits per heavy atom. The molecule has 0 spiro atoms. The Morgan fingerprint density at radius 2 is 1.22 bits per heavy atom. The van der Waals surface area contributed by atoms with E-state index in [0.29, 0.717) is 39.4 Å². The van der Waals surface area contributed by atoms with Crippen LogP contribution >= 0.6 is 0 Å². The Balaban J connectivity index is 0.00000802. The summed E-state index contributed by atoms with van der Waals surface area (Å²) in [5.74, 6) is -1.33. The lowest BCUT2D eigenvalue weighted by atomic mass is 10.1. The smallest absolute Gasteiger partial charge is 0.326 e. The molecular weight excluding hydrogens is 670 g/mol. The fourth-order valence-electron chi connectivity index (χ4n) is 4.20. The number of Topliss-reactive ketones (excluding diaryl/α,β-unsaturated/α-hetero) is 1. The fourth-order valence-corrected chi connectivity index (χ4v) is 4.20. The maximum atomic E-state index is 12.2. The van der Waals surface area contributed by atoms with Crippen molar-refractivity contribution in [2.75, 3.05) is 72.6 Å². The molecule has 1 unspecified atom stereocenters. The monoisotopic (exact) mass is 727 g/mol. The average Bonchev–Trinajstić information content (AvgIpc) is 3.09. The number of aryl methyl sites for hydroxylation is 1. The molecule has 0 aliphatic carbocycles. The van der Waals surface area contributed by atoms with E-state index in [1.54, 1.807) is 0 Å². The van der Waals surface area contributed by atoms with Gasteiger partial charge in [-0.2, -0.15) is 0 Å². The minimum Gasteiger partial charge on any atom is -0.494 e. The molecule has 0 saturated carbocycles. The molecule has 0 saturated heterocycles. The lowest BCUT2D eigenvalue weighted by Gasteiger charge is -2.14. The molecule has 0 aliphatic heterocycles.